The fourth-order valence-electron chi connectivity index (χ4n) is 10.5. The predicted molar refractivity (Wildman–Crippen MR) is 219 cm³/mol. The van der Waals surface area contributed by atoms with Gasteiger partial charge in [-0.2, -0.15) is 5.10 Å². The molecule has 2 N–H and O–H groups in total. The summed E-state index contributed by atoms with van der Waals surface area (Å²) >= 11 is 1.71. The second-order valence-corrected chi connectivity index (χ2v) is 18.3. The number of ether oxygens (including phenoxy) is 1. The monoisotopic (exact) mass is 814 g/mol. The third-order valence-corrected chi connectivity index (χ3v) is 14.8. The molecular formula is C44H46N8O6S. The van der Waals surface area contributed by atoms with Gasteiger partial charge in [0.25, 0.3) is 17.7 Å². The van der Waals surface area contributed by atoms with Gasteiger partial charge in [-0.05, 0) is 118 Å². The van der Waals surface area contributed by atoms with Crippen molar-refractivity contribution in [1.82, 2.24) is 34.7 Å². The lowest BCUT2D eigenvalue weighted by atomic mass is 9.56. The van der Waals surface area contributed by atoms with E-state index in [2.05, 4.69) is 25.6 Å². The number of likely N-dealkylation sites (tertiary alicyclic amines) is 1. The molecule has 5 amide bonds. The number of amides is 5. The van der Waals surface area contributed by atoms with Gasteiger partial charge in [0.1, 0.15) is 17.4 Å². The Kier molecular flexibility index (Phi) is 9.54. The number of methoxy groups -OCH3 is 1. The largest absolute Gasteiger partial charge is 0.494 e. The number of rotatable bonds is 9. The Bertz CT molecular complexity index is 2520. The predicted octanol–water partition coefficient (Wildman–Crippen LogP) is 6.01. The van der Waals surface area contributed by atoms with Crippen LogP contribution in [0.2, 0.25) is 0 Å². The average molecular weight is 815 g/mol. The Morgan fingerprint density at radius 1 is 1.00 bits per heavy atom. The molecule has 14 nitrogen and oxygen atoms in total. The standard InChI is InChI=1S/C44H46N8O6S/c1-58-34-19-32-35(20-31(34)47-39(54)30-23-46-51-15-3-14-45-38(30)51)59-41(48-32)27-8-6-25(7-9-27)24-50-16-12-44(13-17-50)21-26(22-44)18-28-4-2-5-29-37(28)43(57)52(42(29)56)33-10-11-36(53)49-40(33)55/h2-5,14-15,19-20,23,25-27,33H,6-13,16-18,21-22,24H2,1H3,(H,47,54)(H,49,53,55). The van der Waals surface area contributed by atoms with Crippen LogP contribution in [0.15, 0.2) is 55.0 Å². The van der Waals surface area contributed by atoms with Gasteiger partial charge >= 0.3 is 0 Å². The van der Waals surface area contributed by atoms with Crippen LogP contribution in [-0.2, 0) is 16.0 Å². The molecule has 59 heavy (non-hydrogen) atoms. The summed E-state index contributed by atoms with van der Waals surface area (Å²) < 4.78 is 8.26. The maximum atomic E-state index is 13.6. The van der Waals surface area contributed by atoms with Crippen LogP contribution in [0, 0.1) is 17.3 Å². The van der Waals surface area contributed by atoms with Gasteiger partial charge in [0.05, 0.1) is 45.3 Å². The molecule has 2 aromatic carbocycles. The molecule has 3 aromatic heterocycles. The summed E-state index contributed by atoms with van der Waals surface area (Å²) in [5, 5.41) is 10.7. The minimum Gasteiger partial charge on any atom is -0.494 e. The Labute approximate surface area is 344 Å². The van der Waals surface area contributed by atoms with Crippen molar-refractivity contribution in [3.8, 4) is 5.75 Å². The number of nitrogens with one attached hydrogen (secondary N) is 2. The van der Waals surface area contributed by atoms with E-state index in [4.69, 9.17) is 9.72 Å². The molecule has 1 unspecified atom stereocenters. The van der Waals surface area contributed by atoms with Gasteiger partial charge in [-0.15, -0.1) is 11.3 Å². The van der Waals surface area contributed by atoms with Crippen LogP contribution in [0.25, 0.3) is 15.9 Å². The zero-order chi connectivity index (χ0) is 40.4. The van der Waals surface area contributed by atoms with Crippen LogP contribution < -0.4 is 15.4 Å². The molecule has 4 fully saturated rings. The van der Waals surface area contributed by atoms with Gasteiger partial charge in [-0.1, -0.05) is 12.1 Å². The fraction of sp³-hybridized carbons (Fsp3) is 0.455. The molecule has 1 spiro atoms. The van der Waals surface area contributed by atoms with Gasteiger partial charge in [0.2, 0.25) is 11.8 Å². The molecule has 304 valence electrons. The van der Waals surface area contributed by atoms with Crippen molar-refractivity contribution in [1.29, 1.82) is 0 Å². The van der Waals surface area contributed by atoms with E-state index in [1.165, 1.54) is 31.9 Å². The number of piperidine rings is 2. The first kappa shape index (κ1) is 37.7. The summed E-state index contributed by atoms with van der Waals surface area (Å²) in [6.45, 7) is 3.38. The summed E-state index contributed by atoms with van der Waals surface area (Å²) in [6.07, 6.45) is 15.2. The van der Waals surface area contributed by atoms with Gasteiger partial charge in [-0.3, -0.25) is 34.2 Å². The molecule has 0 radical (unpaired) electrons. The van der Waals surface area contributed by atoms with Crippen LogP contribution in [0.3, 0.4) is 0 Å². The van der Waals surface area contributed by atoms with Crippen molar-refractivity contribution in [2.24, 2.45) is 17.3 Å². The van der Waals surface area contributed by atoms with E-state index in [0.29, 0.717) is 56.9 Å². The maximum Gasteiger partial charge on any atom is 0.262 e. The maximum absolute atomic E-state index is 13.6. The average Bonchev–Trinajstić information content (AvgIpc) is 3.92. The number of aromatic nitrogens is 4. The van der Waals surface area contributed by atoms with Crippen LogP contribution in [0.5, 0.6) is 5.75 Å². The summed E-state index contributed by atoms with van der Waals surface area (Å²) in [4.78, 5) is 77.5. The second kappa shape index (κ2) is 14.9. The molecule has 2 saturated carbocycles. The normalized spacial score (nSPS) is 23.5. The molecule has 5 aromatic rings. The van der Waals surface area contributed by atoms with Crippen molar-refractivity contribution in [3.05, 3.63) is 82.3 Å². The number of nitrogens with zero attached hydrogens (tertiary/aromatic N) is 6. The van der Waals surface area contributed by atoms with Gasteiger partial charge < -0.3 is 15.0 Å². The van der Waals surface area contributed by atoms with E-state index >= 15 is 0 Å². The highest BCUT2D eigenvalue weighted by atomic mass is 32.1. The zero-order valence-corrected chi connectivity index (χ0v) is 33.8. The highest BCUT2D eigenvalue weighted by Gasteiger charge is 2.48. The SMILES string of the molecule is COc1cc2nc(C3CCC(CN4CCC5(CC4)CC(Cc4cccc6c4C(=O)N(C4CCC(=O)NC4=O)C6=O)C5)CC3)sc2cc1NC(=O)c1cnn2cccnc12. The number of anilines is 1. The number of thiazole rings is 1. The minimum atomic E-state index is -0.948. The quantitative estimate of drug-likeness (QED) is 0.168. The molecule has 2 aliphatic carbocycles. The molecule has 5 aliphatic rings. The number of imide groups is 2. The van der Waals surface area contributed by atoms with Crippen molar-refractivity contribution in [2.45, 2.75) is 82.6 Å². The third-order valence-electron chi connectivity index (χ3n) is 13.6. The molecule has 10 rings (SSSR count). The highest BCUT2D eigenvalue weighted by molar-refractivity contribution is 7.18. The van der Waals surface area contributed by atoms with E-state index in [9.17, 15) is 24.0 Å². The molecule has 0 bridgehead atoms. The topological polar surface area (TPSA) is 168 Å². The highest BCUT2D eigenvalue weighted by Crippen LogP contribution is 2.54. The van der Waals surface area contributed by atoms with Crippen LogP contribution in [-0.4, -0.2) is 91.7 Å². The van der Waals surface area contributed by atoms with E-state index < -0.39 is 23.8 Å². The van der Waals surface area contributed by atoms with Gasteiger partial charge in [0, 0.05) is 37.3 Å². The lowest BCUT2D eigenvalue weighted by Crippen LogP contribution is -2.54. The number of benzene rings is 2. The van der Waals surface area contributed by atoms with E-state index in [0.717, 1.165) is 77.4 Å². The first-order chi connectivity index (χ1) is 28.6. The number of carbonyl (C=O) groups is 5. The van der Waals surface area contributed by atoms with Crippen molar-refractivity contribution < 1.29 is 28.7 Å². The number of hydrogen-bond acceptors (Lipinski definition) is 11. The Morgan fingerprint density at radius 3 is 2.59 bits per heavy atom. The first-order valence-electron chi connectivity index (χ1n) is 20.8. The lowest BCUT2D eigenvalue weighted by Gasteiger charge is -2.53. The molecular weight excluding hydrogens is 769 g/mol. The first-order valence-corrected chi connectivity index (χ1v) is 21.6. The smallest absolute Gasteiger partial charge is 0.262 e. The number of carbonyl (C=O) groups excluding carboxylic acids is 5. The lowest BCUT2D eigenvalue weighted by molar-refractivity contribution is -0.136. The van der Waals surface area contributed by atoms with E-state index in [1.54, 1.807) is 47.5 Å². The van der Waals surface area contributed by atoms with Crippen LogP contribution in [0.4, 0.5) is 5.69 Å². The van der Waals surface area contributed by atoms with Crippen molar-refractivity contribution in [3.63, 3.8) is 0 Å². The molecule has 6 heterocycles. The molecule has 2 saturated heterocycles. The zero-order valence-electron chi connectivity index (χ0n) is 32.9. The number of hydrogen-bond donors (Lipinski definition) is 2. The van der Waals surface area contributed by atoms with Crippen LogP contribution in [0.1, 0.15) is 112 Å². The second-order valence-electron chi connectivity index (χ2n) is 17.3. The Morgan fingerprint density at radius 2 is 1.81 bits per heavy atom. The minimum absolute atomic E-state index is 0.110. The third kappa shape index (κ3) is 6.87. The van der Waals surface area contributed by atoms with Crippen molar-refractivity contribution in [2.75, 3.05) is 32.1 Å². The summed E-state index contributed by atoms with van der Waals surface area (Å²) in [5.41, 5.74) is 4.40. The summed E-state index contributed by atoms with van der Waals surface area (Å²) in [5.74, 6) is 0.0197. The van der Waals surface area contributed by atoms with Gasteiger partial charge in [0.15, 0.2) is 5.65 Å². The van der Waals surface area contributed by atoms with E-state index in [-0.39, 0.29) is 24.7 Å². The summed E-state index contributed by atoms with van der Waals surface area (Å²) in [6, 6.07) is 10.2. The summed E-state index contributed by atoms with van der Waals surface area (Å²) in [7, 11) is 1.60. The van der Waals surface area contributed by atoms with Gasteiger partial charge in [-0.25, -0.2) is 14.5 Å². The molecule has 15 heteroatoms. The van der Waals surface area contributed by atoms with Crippen molar-refractivity contribution >= 4 is 62.4 Å². The molecule has 1 atom stereocenters. The fourth-order valence-corrected chi connectivity index (χ4v) is 11.7. The molecule has 3 aliphatic heterocycles. The number of fused-ring (bicyclic) bond motifs is 3. The Hall–Kier alpha value is -5.54. The van der Waals surface area contributed by atoms with Crippen LogP contribution >= 0.6 is 11.3 Å². The van der Waals surface area contributed by atoms with E-state index in [1.807, 2.05) is 24.3 Å². The Balaban J connectivity index is 0.704.